The molecule has 2 aromatic heterocycles. The van der Waals surface area contributed by atoms with E-state index in [9.17, 15) is 9.59 Å². The van der Waals surface area contributed by atoms with Crippen LogP contribution in [0, 0.1) is 6.92 Å². The highest BCUT2D eigenvalue weighted by atomic mass is 32.1. The number of benzene rings is 2. The Labute approximate surface area is 202 Å². The van der Waals surface area contributed by atoms with Crippen LogP contribution >= 0.6 is 11.3 Å². The van der Waals surface area contributed by atoms with Crippen LogP contribution in [0.1, 0.15) is 23.0 Å². The van der Waals surface area contributed by atoms with Crippen molar-refractivity contribution in [1.82, 2.24) is 14.8 Å². The molecular weight excluding hydrogens is 448 g/mol. The quantitative estimate of drug-likeness (QED) is 0.456. The number of thiazole rings is 1. The maximum absolute atomic E-state index is 12.9. The van der Waals surface area contributed by atoms with Crippen LogP contribution in [0.25, 0.3) is 20.8 Å². The molecule has 1 fully saturated rings. The summed E-state index contributed by atoms with van der Waals surface area (Å²) in [6.45, 7) is 6.38. The Hall–Kier alpha value is -3.49. The third-order valence-corrected chi connectivity index (χ3v) is 7.27. The number of carbonyl (C=O) groups excluding carboxylic acids is 2. The first-order chi connectivity index (χ1) is 16.5. The van der Waals surface area contributed by atoms with Gasteiger partial charge < -0.3 is 14.6 Å². The summed E-state index contributed by atoms with van der Waals surface area (Å²) in [6, 6.07) is 17.2. The molecule has 174 valence electrons. The van der Waals surface area contributed by atoms with E-state index in [0.717, 1.165) is 21.8 Å². The smallest absolute Gasteiger partial charge is 0.289 e. The summed E-state index contributed by atoms with van der Waals surface area (Å²) in [5.41, 5.74) is 4.01. The van der Waals surface area contributed by atoms with Crippen molar-refractivity contribution in [2.24, 2.45) is 0 Å². The van der Waals surface area contributed by atoms with Crippen LogP contribution in [0.5, 0.6) is 0 Å². The van der Waals surface area contributed by atoms with Gasteiger partial charge in [-0.05, 0) is 67.9 Å². The van der Waals surface area contributed by atoms with Crippen LogP contribution in [0.4, 0.5) is 5.69 Å². The molecule has 1 aliphatic heterocycles. The summed E-state index contributed by atoms with van der Waals surface area (Å²) in [5, 5.41) is 3.98. The lowest BCUT2D eigenvalue weighted by Gasteiger charge is -2.37. The maximum Gasteiger partial charge on any atom is 0.289 e. The van der Waals surface area contributed by atoms with Crippen molar-refractivity contribution in [3.63, 3.8) is 0 Å². The standard InChI is InChI=1S/C26H26N4O3S/c1-17-5-10-21-23(16-17)34-25(28-21)19-6-8-20(9-7-19)27-24(31)18(2)29-11-13-30(14-12-29)26(32)22-4-3-15-33-22/h3-10,15-16,18H,11-14H2,1-2H3,(H,27,31)/t18-/m1/s1. The summed E-state index contributed by atoms with van der Waals surface area (Å²) in [4.78, 5) is 33.9. The van der Waals surface area contributed by atoms with Crippen LogP contribution in [-0.2, 0) is 4.79 Å². The summed E-state index contributed by atoms with van der Waals surface area (Å²) in [7, 11) is 0. The number of carbonyl (C=O) groups is 2. The molecule has 0 radical (unpaired) electrons. The fraction of sp³-hybridized carbons (Fsp3) is 0.269. The van der Waals surface area contributed by atoms with Gasteiger partial charge in [0.05, 0.1) is 22.5 Å². The fourth-order valence-electron chi connectivity index (χ4n) is 4.13. The van der Waals surface area contributed by atoms with Crippen molar-refractivity contribution >= 4 is 39.1 Å². The van der Waals surface area contributed by atoms with Gasteiger partial charge in [-0.15, -0.1) is 11.3 Å². The molecule has 0 bridgehead atoms. The Morgan fingerprint density at radius 1 is 1.06 bits per heavy atom. The number of furan rings is 1. The van der Waals surface area contributed by atoms with Crippen molar-refractivity contribution in [2.75, 3.05) is 31.5 Å². The molecule has 2 amide bonds. The van der Waals surface area contributed by atoms with Crippen LogP contribution in [0.3, 0.4) is 0 Å². The lowest BCUT2D eigenvalue weighted by molar-refractivity contribution is -0.121. The van der Waals surface area contributed by atoms with E-state index in [-0.39, 0.29) is 17.9 Å². The first-order valence-electron chi connectivity index (χ1n) is 11.3. The van der Waals surface area contributed by atoms with E-state index < -0.39 is 0 Å². The molecule has 0 saturated carbocycles. The van der Waals surface area contributed by atoms with Gasteiger partial charge in [0.1, 0.15) is 5.01 Å². The van der Waals surface area contributed by atoms with Crippen LogP contribution in [-0.4, -0.2) is 58.8 Å². The van der Waals surface area contributed by atoms with Crippen molar-refractivity contribution in [1.29, 1.82) is 0 Å². The molecular formula is C26H26N4O3S. The Kier molecular flexibility index (Phi) is 6.17. The maximum atomic E-state index is 12.9. The first-order valence-corrected chi connectivity index (χ1v) is 12.1. The van der Waals surface area contributed by atoms with Gasteiger partial charge in [-0.1, -0.05) is 6.07 Å². The zero-order valence-corrected chi connectivity index (χ0v) is 20.0. The second-order valence-electron chi connectivity index (χ2n) is 8.54. The minimum absolute atomic E-state index is 0.0611. The third-order valence-electron chi connectivity index (χ3n) is 6.20. The molecule has 1 aliphatic rings. The molecule has 1 saturated heterocycles. The van der Waals surface area contributed by atoms with Gasteiger partial charge in [0, 0.05) is 37.4 Å². The molecule has 2 aromatic carbocycles. The molecule has 7 nitrogen and oxygen atoms in total. The minimum Gasteiger partial charge on any atom is -0.459 e. The third kappa shape index (κ3) is 4.60. The van der Waals surface area contributed by atoms with Crippen molar-refractivity contribution in [3.8, 4) is 10.6 Å². The number of nitrogens with zero attached hydrogens (tertiary/aromatic N) is 3. The Balaban J connectivity index is 1.17. The van der Waals surface area contributed by atoms with E-state index in [2.05, 4.69) is 29.3 Å². The number of aryl methyl sites for hydroxylation is 1. The Bertz CT molecular complexity index is 1310. The molecule has 4 aromatic rings. The number of aromatic nitrogens is 1. The van der Waals surface area contributed by atoms with Crippen molar-refractivity contribution in [3.05, 3.63) is 72.2 Å². The summed E-state index contributed by atoms with van der Waals surface area (Å²) < 4.78 is 6.39. The van der Waals surface area contributed by atoms with E-state index in [1.165, 1.54) is 16.5 Å². The first kappa shape index (κ1) is 22.3. The van der Waals surface area contributed by atoms with Gasteiger partial charge in [-0.25, -0.2) is 4.98 Å². The summed E-state index contributed by atoms with van der Waals surface area (Å²) >= 11 is 1.67. The van der Waals surface area contributed by atoms with E-state index in [0.29, 0.717) is 31.9 Å². The number of fused-ring (bicyclic) bond motifs is 1. The molecule has 8 heteroatoms. The Morgan fingerprint density at radius 2 is 1.82 bits per heavy atom. The average molecular weight is 475 g/mol. The molecule has 34 heavy (non-hydrogen) atoms. The van der Waals surface area contributed by atoms with Gasteiger partial charge >= 0.3 is 0 Å². The van der Waals surface area contributed by atoms with Crippen molar-refractivity contribution < 1.29 is 14.0 Å². The predicted octanol–water partition coefficient (Wildman–Crippen LogP) is 4.65. The van der Waals surface area contributed by atoms with Gasteiger partial charge in [0.2, 0.25) is 5.91 Å². The molecule has 1 atom stereocenters. The SMILES string of the molecule is Cc1ccc2nc(-c3ccc(NC(=O)[C@@H](C)N4CCN(C(=O)c5ccco5)CC4)cc3)sc2c1. The largest absolute Gasteiger partial charge is 0.459 e. The number of piperazine rings is 1. The lowest BCUT2D eigenvalue weighted by atomic mass is 10.2. The zero-order chi connectivity index (χ0) is 23.7. The fourth-order valence-corrected chi connectivity index (χ4v) is 5.20. The molecule has 3 heterocycles. The molecule has 1 N–H and O–H groups in total. The normalized spacial score (nSPS) is 15.4. The zero-order valence-electron chi connectivity index (χ0n) is 19.2. The second-order valence-corrected chi connectivity index (χ2v) is 9.57. The molecule has 0 aliphatic carbocycles. The molecule has 0 unspecified atom stereocenters. The average Bonchev–Trinajstić information content (AvgIpc) is 3.54. The van der Waals surface area contributed by atoms with Gasteiger partial charge in [0.25, 0.3) is 5.91 Å². The molecule has 0 spiro atoms. The van der Waals surface area contributed by atoms with E-state index in [4.69, 9.17) is 9.40 Å². The number of rotatable bonds is 5. The minimum atomic E-state index is -0.298. The van der Waals surface area contributed by atoms with Gasteiger partial charge in [-0.2, -0.15) is 0 Å². The highest BCUT2D eigenvalue weighted by Crippen LogP contribution is 2.31. The number of anilines is 1. The predicted molar refractivity (Wildman–Crippen MR) is 134 cm³/mol. The molecule has 5 rings (SSSR count). The second kappa shape index (κ2) is 9.40. The lowest BCUT2D eigenvalue weighted by Crippen LogP contribution is -2.54. The van der Waals surface area contributed by atoms with Crippen LogP contribution in [0.2, 0.25) is 0 Å². The number of hydrogen-bond acceptors (Lipinski definition) is 6. The number of nitrogens with one attached hydrogen (secondary N) is 1. The van der Waals surface area contributed by atoms with E-state index >= 15 is 0 Å². The highest BCUT2D eigenvalue weighted by molar-refractivity contribution is 7.21. The topological polar surface area (TPSA) is 78.7 Å². The van der Waals surface area contributed by atoms with E-state index in [1.54, 1.807) is 28.4 Å². The monoisotopic (exact) mass is 474 g/mol. The number of amides is 2. The highest BCUT2D eigenvalue weighted by Gasteiger charge is 2.28. The van der Waals surface area contributed by atoms with Gasteiger partial charge in [0.15, 0.2) is 5.76 Å². The summed E-state index contributed by atoms with van der Waals surface area (Å²) in [5.74, 6) is 0.183. The van der Waals surface area contributed by atoms with Crippen LogP contribution < -0.4 is 5.32 Å². The Morgan fingerprint density at radius 3 is 2.53 bits per heavy atom. The number of hydrogen-bond donors (Lipinski definition) is 1. The van der Waals surface area contributed by atoms with Crippen LogP contribution in [0.15, 0.2) is 65.3 Å². The van der Waals surface area contributed by atoms with Gasteiger partial charge in [-0.3, -0.25) is 14.5 Å². The van der Waals surface area contributed by atoms with Crippen molar-refractivity contribution in [2.45, 2.75) is 19.9 Å². The summed E-state index contributed by atoms with van der Waals surface area (Å²) in [6.07, 6.45) is 1.50. The van der Waals surface area contributed by atoms with E-state index in [1.807, 2.05) is 37.3 Å².